The summed E-state index contributed by atoms with van der Waals surface area (Å²) in [5.41, 5.74) is 3.09. The molecule has 1 aromatic carbocycles. The molecule has 134 valence electrons. The molecule has 25 heavy (non-hydrogen) atoms. The zero-order chi connectivity index (χ0) is 17.2. The first-order chi connectivity index (χ1) is 12.2. The quantitative estimate of drug-likeness (QED) is 0.850. The Bertz CT molecular complexity index is 745. The fraction of sp³-hybridized carbons (Fsp3) is 0.571. The van der Waals surface area contributed by atoms with E-state index < -0.39 is 0 Å². The summed E-state index contributed by atoms with van der Waals surface area (Å²) in [7, 11) is 0. The zero-order valence-electron chi connectivity index (χ0n) is 15.2. The van der Waals surface area contributed by atoms with Crippen LogP contribution in [0.15, 0.2) is 28.9 Å². The van der Waals surface area contributed by atoms with Gasteiger partial charge in [0.1, 0.15) is 5.58 Å². The van der Waals surface area contributed by atoms with Crippen LogP contribution >= 0.6 is 0 Å². The Morgan fingerprint density at radius 1 is 1.16 bits per heavy atom. The molecule has 4 rings (SSSR count). The van der Waals surface area contributed by atoms with Crippen molar-refractivity contribution in [1.82, 2.24) is 9.80 Å². The van der Waals surface area contributed by atoms with Crippen LogP contribution in [-0.4, -0.2) is 47.9 Å². The number of piperidine rings is 1. The van der Waals surface area contributed by atoms with Crippen LogP contribution in [-0.2, 0) is 11.2 Å². The van der Waals surface area contributed by atoms with Crippen LogP contribution in [0.4, 0.5) is 0 Å². The number of likely N-dealkylation sites (tertiary alicyclic amines) is 2. The second-order valence-electron chi connectivity index (χ2n) is 7.68. The highest BCUT2D eigenvalue weighted by molar-refractivity contribution is 5.88. The number of carbonyl (C=O) groups is 1. The van der Waals surface area contributed by atoms with E-state index in [-0.39, 0.29) is 5.91 Å². The monoisotopic (exact) mass is 340 g/mol. The summed E-state index contributed by atoms with van der Waals surface area (Å²) < 4.78 is 5.67. The summed E-state index contributed by atoms with van der Waals surface area (Å²) >= 11 is 0. The molecule has 0 unspecified atom stereocenters. The number of nitrogens with zero attached hydrogens (tertiary/aromatic N) is 2. The van der Waals surface area contributed by atoms with Crippen LogP contribution in [0.5, 0.6) is 0 Å². The standard InChI is InChI=1S/C21H28N2O2/c1-16-7-8-19-17(15-25-20(19)12-16)13-21(24)23-11-3-2-6-18(23)14-22-9-4-5-10-22/h7-8,12,15,18H,2-6,9-11,13-14H2,1H3/t18-/m0/s1. The average molecular weight is 340 g/mol. The second-order valence-corrected chi connectivity index (χ2v) is 7.68. The summed E-state index contributed by atoms with van der Waals surface area (Å²) in [6, 6.07) is 6.59. The molecule has 2 aliphatic heterocycles. The molecule has 4 heteroatoms. The Kier molecular flexibility index (Phi) is 4.80. The third-order valence-electron chi connectivity index (χ3n) is 5.77. The number of fused-ring (bicyclic) bond motifs is 1. The van der Waals surface area contributed by atoms with Crippen molar-refractivity contribution in [3.8, 4) is 0 Å². The normalized spacial score (nSPS) is 22.0. The van der Waals surface area contributed by atoms with Gasteiger partial charge in [-0.3, -0.25) is 4.79 Å². The fourth-order valence-corrected chi connectivity index (χ4v) is 4.37. The zero-order valence-corrected chi connectivity index (χ0v) is 15.2. The molecule has 2 aliphatic rings. The molecule has 2 aromatic rings. The van der Waals surface area contributed by atoms with Crippen molar-refractivity contribution in [2.75, 3.05) is 26.2 Å². The minimum absolute atomic E-state index is 0.257. The van der Waals surface area contributed by atoms with E-state index in [0.29, 0.717) is 12.5 Å². The van der Waals surface area contributed by atoms with E-state index in [9.17, 15) is 4.79 Å². The van der Waals surface area contributed by atoms with Gasteiger partial charge in [0, 0.05) is 30.1 Å². The van der Waals surface area contributed by atoms with E-state index in [0.717, 1.165) is 42.5 Å². The van der Waals surface area contributed by atoms with E-state index in [1.165, 1.54) is 37.9 Å². The van der Waals surface area contributed by atoms with Crippen molar-refractivity contribution in [3.63, 3.8) is 0 Å². The molecule has 3 heterocycles. The number of furan rings is 1. The number of aryl methyl sites for hydroxylation is 1. The lowest BCUT2D eigenvalue weighted by Crippen LogP contribution is -2.49. The Hall–Kier alpha value is -1.81. The molecule has 2 fully saturated rings. The average Bonchev–Trinajstić information content (AvgIpc) is 3.25. The van der Waals surface area contributed by atoms with E-state index in [1.807, 2.05) is 6.07 Å². The van der Waals surface area contributed by atoms with Crippen LogP contribution in [0, 0.1) is 6.92 Å². The van der Waals surface area contributed by atoms with Crippen LogP contribution in [0.1, 0.15) is 43.2 Å². The second kappa shape index (κ2) is 7.20. The highest BCUT2D eigenvalue weighted by atomic mass is 16.3. The van der Waals surface area contributed by atoms with E-state index in [2.05, 4.69) is 28.9 Å². The molecule has 0 N–H and O–H groups in total. The SMILES string of the molecule is Cc1ccc2c(CC(=O)N3CCCC[C@H]3CN3CCCC3)coc2c1. The molecule has 0 saturated carbocycles. The van der Waals surface area contributed by atoms with Gasteiger partial charge in [0.2, 0.25) is 5.91 Å². The fourth-order valence-electron chi connectivity index (χ4n) is 4.37. The van der Waals surface area contributed by atoms with Crippen LogP contribution in [0.3, 0.4) is 0 Å². The molecular formula is C21H28N2O2. The van der Waals surface area contributed by atoms with Crippen LogP contribution in [0.2, 0.25) is 0 Å². The number of benzene rings is 1. The highest BCUT2D eigenvalue weighted by Gasteiger charge is 2.29. The van der Waals surface area contributed by atoms with Crippen LogP contribution < -0.4 is 0 Å². The summed E-state index contributed by atoms with van der Waals surface area (Å²) in [5, 5.41) is 1.08. The van der Waals surface area contributed by atoms with Gasteiger partial charge >= 0.3 is 0 Å². The topological polar surface area (TPSA) is 36.7 Å². The Labute approximate surface area is 149 Å². The van der Waals surface area contributed by atoms with Gasteiger partial charge in [-0.1, -0.05) is 12.1 Å². The van der Waals surface area contributed by atoms with Crippen molar-refractivity contribution in [2.45, 2.75) is 51.5 Å². The maximum absolute atomic E-state index is 13.0. The maximum atomic E-state index is 13.0. The lowest BCUT2D eigenvalue weighted by molar-refractivity contribution is -0.134. The number of carbonyl (C=O) groups excluding carboxylic acids is 1. The van der Waals surface area contributed by atoms with Gasteiger partial charge in [-0.2, -0.15) is 0 Å². The molecule has 1 amide bonds. The smallest absolute Gasteiger partial charge is 0.227 e. The molecule has 1 atom stereocenters. The summed E-state index contributed by atoms with van der Waals surface area (Å²) in [6.07, 6.45) is 8.35. The largest absolute Gasteiger partial charge is 0.464 e. The van der Waals surface area contributed by atoms with Gasteiger partial charge in [-0.15, -0.1) is 0 Å². The van der Waals surface area contributed by atoms with Gasteiger partial charge in [-0.25, -0.2) is 0 Å². The number of hydrogen-bond acceptors (Lipinski definition) is 3. The van der Waals surface area contributed by atoms with Crippen molar-refractivity contribution in [3.05, 3.63) is 35.6 Å². The molecule has 0 bridgehead atoms. The van der Waals surface area contributed by atoms with Crippen molar-refractivity contribution < 1.29 is 9.21 Å². The molecule has 0 radical (unpaired) electrons. The number of hydrogen-bond donors (Lipinski definition) is 0. The maximum Gasteiger partial charge on any atom is 0.227 e. The lowest BCUT2D eigenvalue weighted by Gasteiger charge is -2.38. The number of amides is 1. The third kappa shape index (κ3) is 3.59. The predicted molar refractivity (Wildman–Crippen MR) is 99.7 cm³/mol. The molecule has 0 spiro atoms. The van der Waals surface area contributed by atoms with Crippen molar-refractivity contribution in [1.29, 1.82) is 0 Å². The molecular weight excluding hydrogens is 312 g/mol. The number of rotatable bonds is 4. The Balaban J connectivity index is 1.47. The van der Waals surface area contributed by atoms with Crippen molar-refractivity contribution in [2.24, 2.45) is 0 Å². The van der Waals surface area contributed by atoms with E-state index in [4.69, 9.17) is 4.42 Å². The first kappa shape index (κ1) is 16.6. The summed E-state index contributed by atoms with van der Waals surface area (Å²) in [6.45, 7) is 6.42. The van der Waals surface area contributed by atoms with Crippen LogP contribution in [0.25, 0.3) is 11.0 Å². The van der Waals surface area contributed by atoms with E-state index >= 15 is 0 Å². The third-order valence-corrected chi connectivity index (χ3v) is 5.77. The first-order valence-corrected chi connectivity index (χ1v) is 9.69. The summed E-state index contributed by atoms with van der Waals surface area (Å²) in [4.78, 5) is 17.7. The lowest BCUT2D eigenvalue weighted by atomic mass is 10.00. The minimum Gasteiger partial charge on any atom is -0.464 e. The van der Waals surface area contributed by atoms with Gasteiger partial charge in [-0.05, 0) is 63.7 Å². The van der Waals surface area contributed by atoms with E-state index in [1.54, 1.807) is 6.26 Å². The minimum atomic E-state index is 0.257. The molecule has 2 saturated heterocycles. The van der Waals surface area contributed by atoms with Gasteiger partial charge in [0.15, 0.2) is 0 Å². The van der Waals surface area contributed by atoms with Crippen molar-refractivity contribution >= 4 is 16.9 Å². The summed E-state index contributed by atoms with van der Waals surface area (Å²) in [5.74, 6) is 0.257. The van der Waals surface area contributed by atoms with Gasteiger partial charge in [0.05, 0.1) is 12.7 Å². The first-order valence-electron chi connectivity index (χ1n) is 9.69. The molecule has 4 nitrogen and oxygen atoms in total. The van der Waals surface area contributed by atoms with Gasteiger partial charge < -0.3 is 14.2 Å². The molecule has 1 aromatic heterocycles. The highest BCUT2D eigenvalue weighted by Crippen LogP contribution is 2.25. The molecule has 0 aliphatic carbocycles. The Morgan fingerprint density at radius 2 is 1.96 bits per heavy atom. The van der Waals surface area contributed by atoms with Gasteiger partial charge in [0.25, 0.3) is 0 Å². The predicted octanol–water partition coefficient (Wildman–Crippen LogP) is 3.76. The Morgan fingerprint density at radius 3 is 2.80 bits per heavy atom.